The van der Waals surface area contributed by atoms with Gasteiger partial charge in [0.25, 0.3) is 0 Å². The molecule has 0 radical (unpaired) electrons. The average molecular weight is 403 g/mol. The van der Waals surface area contributed by atoms with E-state index in [0.29, 0.717) is 6.42 Å². The molecule has 3 nitrogen and oxygen atoms in total. The van der Waals surface area contributed by atoms with Crippen molar-refractivity contribution in [2.45, 2.75) is 45.7 Å². The molecule has 2 aliphatic heterocycles. The number of likely N-dealkylation sites (N-methyl/N-ethyl adjacent to an activating group) is 1. The Kier molecular flexibility index (Phi) is 4.39. The van der Waals surface area contributed by atoms with E-state index in [4.69, 9.17) is 0 Å². The molecule has 0 unspecified atom stereocenters. The lowest BCUT2D eigenvalue weighted by Crippen LogP contribution is -2.54. The van der Waals surface area contributed by atoms with Crippen molar-refractivity contribution in [3.8, 4) is 0 Å². The maximum atomic E-state index is 12.8. The van der Waals surface area contributed by atoms with E-state index < -0.39 is 0 Å². The van der Waals surface area contributed by atoms with Crippen molar-refractivity contribution in [1.29, 1.82) is 0 Å². The molecular formula is C21H27BrN2O. The van der Waals surface area contributed by atoms with E-state index in [1.54, 1.807) is 0 Å². The summed E-state index contributed by atoms with van der Waals surface area (Å²) in [5.41, 5.74) is 3.26. The summed E-state index contributed by atoms with van der Waals surface area (Å²) in [5.74, 6) is 0.204. The van der Waals surface area contributed by atoms with Gasteiger partial charge >= 0.3 is 0 Å². The molecule has 0 bridgehead atoms. The molecule has 2 atom stereocenters. The third-order valence-electron chi connectivity index (χ3n) is 6.03. The van der Waals surface area contributed by atoms with Crippen LogP contribution in [0.4, 0.5) is 5.69 Å². The zero-order chi connectivity index (χ0) is 18.6. The fraction of sp³-hybridized carbons (Fsp3) is 0.476. The van der Waals surface area contributed by atoms with Crippen LogP contribution >= 0.6 is 15.9 Å². The number of carbonyl (C=O) groups is 1. The Hall–Kier alpha value is -1.55. The molecule has 0 aliphatic carbocycles. The van der Waals surface area contributed by atoms with Crippen LogP contribution < -0.4 is 4.90 Å². The normalized spacial score (nSPS) is 25.0. The van der Waals surface area contributed by atoms with Gasteiger partial charge in [0.15, 0.2) is 0 Å². The molecule has 2 aliphatic rings. The highest BCUT2D eigenvalue weighted by Gasteiger charge is 2.64. The number of hydrogen-bond donors (Lipinski definition) is 0. The zero-order valence-electron chi connectivity index (χ0n) is 15.8. The Bertz CT molecular complexity index is 763. The van der Waals surface area contributed by atoms with E-state index in [1.807, 2.05) is 18.0 Å². The molecule has 3 rings (SSSR count). The van der Waals surface area contributed by atoms with Crippen LogP contribution in [0.5, 0.6) is 0 Å². The Balaban J connectivity index is 2.28. The van der Waals surface area contributed by atoms with Crippen molar-refractivity contribution in [2.75, 3.05) is 18.5 Å². The van der Waals surface area contributed by atoms with Crippen molar-refractivity contribution >= 4 is 27.5 Å². The SMILES string of the molecule is C=CC(C)(C)[C@]12CC(=O)N(C)[C@H]1N(CC=C(C)C)c1cc(Br)ccc12. The number of hydrogen-bond acceptors (Lipinski definition) is 2. The number of fused-ring (bicyclic) bond motifs is 3. The summed E-state index contributed by atoms with van der Waals surface area (Å²) in [7, 11) is 1.93. The summed E-state index contributed by atoms with van der Waals surface area (Å²) < 4.78 is 1.06. The van der Waals surface area contributed by atoms with E-state index >= 15 is 0 Å². The number of rotatable bonds is 4. The number of benzene rings is 1. The number of carbonyl (C=O) groups excluding carboxylic acids is 1. The molecule has 1 amide bonds. The van der Waals surface area contributed by atoms with Crippen LogP contribution in [-0.2, 0) is 10.2 Å². The van der Waals surface area contributed by atoms with Crippen molar-refractivity contribution in [2.24, 2.45) is 5.41 Å². The molecule has 4 heteroatoms. The fourth-order valence-corrected chi connectivity index (χ4v) is 4.80. The average Bonchev–Trinajstić information content (AvgIpc) is 2.97. The maximum Gasteiger partial charge on any atom is 0.225 e. The van der Waals surface area contributed by atoms with Gasteiger partial charge in [-0.15, -0.1) is 6.58 Å². The highest BCUT2D eigenvalue weighted by atomic mass is 79.9. The lowest BCUT2D eigenvalue weighted by Gasteiger charge is -2.44. The van der Waals surface area contributed by atoms with Crippen molar-refractivity contribution in [1.82, 2.24) is 4.90 Å². The minimum Gasteiger partial charge on any atom is -0.346 e. The third-order valence-corrected chi connectivity index (χ3v) is 6.53. The molecule has 1 aromatic carbocycles. The second-order valence-electron chi connectivity index (χ2n) is 8.05. The molecule has 134 valence electrons. The largest absolute Gasteiger partial charge is 0.346 e. The van der Waals surface area contributed by atoms with E-state index in [2.05, 4.69) is 79.4 Å². The number of amides is 1. The summed E-state index contributed by atoms with van der Waals surface area (Å²) in [6, 6.07) is 6.46. The summed E-state index contributed by atoms with van der Waals surface area (Å²) in [5, 5.41) is 0. The Morgan fingerprint density at radius 2 is 2.12 bits per heavy atom. The monoisotopic (exact) mass is 402 g/mol. The van der Waals surface area contributed by atoms with E-state index in [9.17, 15) is 4.79 Å². The van der Waals surface area contributed by atoms with Gasteiger partial charge in [0.05, 0.1) is 5.41 Å². The fourth-order valence-electron chi connectivity index (χ4n) is 4.45. The maximum absolute atomic E-state index is 12.8. The van der Waals surface area contributed by atoms with Gasteiger partial charge in [-0.2, -0.15) is 0 Å². The molecular weight excluding hydrogens is 376 g/mol. The second kappa shape index (κ2) is 6.01. The molecule has 0 aromatic heterocycles. The van der Waals surface area contributed by atoms with Gasteiger partial charge in [0, 0.05) is 30.2 Å². The van der Waals surface area contributed by atoms with E-state index in [-0.39, 0.29) is 22.9 Å². The highest BCUT2D eigenvalue weighted by Crippen LogP contribution is 2.60. The summed E-state index contributed by atoms with van der Waals surface area (Å²) in [6.45, 7) is 13.5. The van der Waals surface area contributed by atoms with Gasteiger partial charge < -0.3 is 9.80 Å². The smallest absolute Gasteiger partial charge is 0.225 e. The standard InChI is InChI=1S/C21H27BrN2O/c1-7-20(4,5)21-13-18(25)23(6)19(21)24(11-10-14(2)3)17-12-15(22)8-9-16(17)21/h7-10,12,19H,1,11,13H2,2-6H3/t19-,21-/m0/s1. The number of allylic oxidation sites excluding steroid dienone is 2. The summed E-state index contributed by atoms with van der Waals surface area (Å²) >= 11 is 3.62. The highest BCUT2D eigenvalue weighted by molar-refractivity contribution is 9.10. The predicted octanol–water partition coefficient (Wildman–Crippen LogP) is 4.87. The predicted molar refractivity (Wildman–Crippen MR) is 108 cm³/mol. The van der Waals surface area contributed by atoms with Crippen LogP contribution in [0, 0.1) is 5.41 Å². The van der Waals surface area contributed by atoms with Crippen molar-refractivity contribution < 1.29 is 4.79 Å². The van der Waals surface area contributed by atoms with Gasteiger partial charge in [-0.25, -0.2) is 0 Å². The third kappa shape index (κ3) is 2.49. The second-order valence-corrected chi connectivity index (χ2v) is 8.96. The first-order valence-electron chi connectivity index (χ1n) is 8.75. The molecule has 25 heavy (non-hydrogen) atoms. The Labute approximate surface area is 159 Å². The first-order valence-corrected chi connectivity index (χ1v) is 9.54. The zero-order valence-corrected chi connectivity index (χ0v) is 17.4. The Morgan fingerprint density at radius 3 is 2.72 bits per heavy atom. The minimum atomic E-state index is -0.286. The number of anilines is 1. The van der Waals surface area contributed by atoms with Crippen molar-refractivity contribution in [3.05, 3.63) is 52.5 Å². The number of likely N-dealkylation sites (tertiary alicyclic amines) is 1. The molecule has 1 saturated heterocycles. The number of nitrogens with zero attached hydrogens (tertiary/aromatic N) is 2. The first-order chi connectivity index (χ1) is 11.7. The van der Waals surface area contributed by atoms with Crippen LogP contribution in [0.15, 0.2) is 47.0 Å². The summed E-state index contributed by atoms with van der Waals surface area (Å²) in [6.07, 6.45) is 4.78. The van der Waals surface area contributed by atoms with E-state index in [0.717, 1.165) is 11.0 Å². The molecule has 0 saturated carbocycles. The van der Waals surface area contributed by atoms with Crippen LogP contribution in [0.3, 0.4) is 0 Å². The van der Waals surface area contributed by atoms with Crippen LogP contribution in [0.25, 0.3) is 0 Å². The van der Waals surface area contributed by atoms with Gasteiger partial charge in [0.2, 0.25) is 5.91 Å². The molecule has 0 N–H and O–H groups in total. The van der Waals surface area contributed by atoms with Crippen LogP contribution in [0.1, 0.15) is 39.7 Å². The van der Waals surface area contributed by atoms with E-state index in [1.165, 1.54) is 16.8 Å². The molecule has 0 spiro atoms. The van der Waals surface area contributed by atoms with Gasteiger partial charge in [0.1, 0.15) is 6.17 Å². The van der Waals surface area contributed by atoms with Gasteiger partial charge in [-0.3, -0.25) is 4.79 Å². The number of halogens is 1. The van der Waals surface area contributed by atoms with Crippen molar-refractivity contribution in [3.63, 3.8) is 0 Å². The minimum absolute atomic E-state index is 0.00731. The van der Waals surface area contributed by atoms with Crippen LogP contribution in [-0.4, -0.2) is 30.6 Å². The Morgan fingerprint density at radius 1 is 1.44 bits per heavy atom. The lowest BCUT2D eigenvalue weighted by molar-refractivity contribution is -0.127. The topological polar surface area (TPSA) is 23.6 Å². The lowest BCUT2D eigenvalue weighted by atomic mass is 9.60. The van der Waals surface area contributed by atoms with Gasteiger partial charge in [-0.05, 0) is 37.0 Å². The van der Waals surface area contributed by atoms with Gasteiger partial charge in [-0.1, -0.05) is 53.6 Å². The first kappa shape index (κ1) is 18.2. The molecule has 1 fully saturated rings. The summed E-state index contributed by atoms with van der Waals surface area (Å²) in [4.78, 5) is 17.1. The quantitative estimate of drug-likeness (QED) is 0.670. The molecule has 2 heterocycles. The molecule has 1 aromatic rings. The van der Waals surface area contributed by atoms with Crippen LogP contribution in [0.2, 0.25) is 0 Å².